The quantitative estimate of drug-likeness (QED) is 0.715. The van der Waals surface area contributed by atoms with Crippen LogP contribution in [0.2, 0.25) is 0 Å². The van der Waals surface area contributed by atoms with E-state index in [-0.39, 0.29) is 0 Å². The molecule has 3 aliphatic rings. The van der Waals surface area contributed by atoms with E-state index in [1.807, 2.05) is 0 Å². The third-order valence-corrected chi connectivity index (χ3v) is 4.55. The summed E-state index contributed by atoms with van der Waals surface area (Å²) in [5.74, 6) is 1.90. The number of aromatic nitrogens is 2. The Hall–Kier alpha value is -1.09. The zero-order valence-corrected chi connectivity index (χ0v) is 11.2. The molecule has 17 heavy (non-hydrogen) atoms. The lowest BCUT2D eigenvalue weighted by Gasteiger charge is -2.34. The van der Waals surface area contributed by atoms with Crippen molar-refractivity contribution >= 4 is 15.9 Å². The van der Waals surface area contributed by atoms with Crippen molar-refractivity contribution in [2.75, 3.05) is 0 Å². The van der Waals surface area contributed by atoms with Crippen LogP contribution in [0.1, 0.15) is 36.1 Å². The Balaban J connectivity index is 2.05. The maximum absolute atomic E-state index is 4.71. The minimum atomic E-state index is 0.669. The van der Waals surface area contributed by atoms with E-state index in [9.17, 15) is 0 Å². The molecular weight excluding hydrogens is 276 g/mol. The molecule has 0 N–H and O–H groups in total. The highest BCUT2D eigenvalue weighted by Crippen LogP contribution is 2.52. The molecular formula is C14H13BrN2. The van der Waals surface area contributed by atoms with E-state index in [1.165, 1.54) is 24.0 Å². The SMILES string of the molecule is Cc1cn2c(n1)-c1cc(Br)ccc1C1CC2C1. The fourth-order valence-corrected chi connectivity index (χ4v) is 3.50. The van der Waals surface area contributed by atoms with Crippen molar-refractivity contribution in [3.05, 3.63) is 40.1 Å². The summed E-state index contributed by atoms with van der Waals surface area (Å²) in [7, 11) is 0. The Morgan fingerprint density at radius 3 is 3.00 bits per heavy atom. The molecule has 0 spiro atoms. The fraction of sp³-hybridized carbons (Fsp3) is 0.357. The second-order valence-electron chi connectivity index (χ2n) is 5.17. The van der Waals surface area contributed by atoms with Gasteiger partial charge in [-0.1, -0.05) is 22.0 Å². The molecule has 2 aromatic rings. The Labute approximate surface area is 109 Å². The van der Waals surface area contributed by atoms with Crippen molar-refractivity contribution in [2.45, 2.75) is 31.7 Å². The van der Waals surface area contributed by atoms with E-state index in [2.05, 4.69) is 51.8 Å². The fourth-order valence-electron chi connectivity index (χ4n) is 3.14. The van der Waals surface area contributed by atoms with E-state index in [0.717, 1.165) is 21.9 Å². The summed E-state index contributed by atoms with van der Waals surface area (Å²) < 4.78 is 3.52. The average Bonchev–Trinajstić information content (AvgIpc) is 2.51. The van der Waals surface area contributed by atoms with Gasteiger partial charge < -0.3 is 4.57 Å². The zero-order chi connectivity index (χ0) is 11.6. The van der Waals surface area contributed by atoms with Gasteiger partial charge in [-0.3, -0.25) is 0 Å². The van der Waals surface area contributed by atoms with Gasteiger partial charge in [-0.05, 0) is 43.4 Å². The molecule has 1 aromatic carbocycles. The molecule has 1 saturated carbocycles. The lowest BCUT2D eigenvalue weighted by Crippen LogP contribution is -2.22. The molecule has 1 aromatic heterocycles. The number of hydrogen-bond acceptors (Lipinski definition) is 1. The van der Waals surface area contributed by atoms with Crippen LogP contribution in [0.5, 0.6) is 0 Å². The summed E-state index contributed by atoms with van der Waals surface area (Å²) in [5.41, 5.74) is 3.92. The minimum Gasteiger partial charge on any atom is -0.328 e. The Morgan fingerprint density at radius 2 is 2.18 bits per heavy atom. The molecule has 0 radical (unpaired) electrons. The molecule has 0 saturated heterocycles. The third kappa shape index (κ3) is 1.29. The van der Waals surface area contributed by atoms with Gasteiger partial charge >= 0.3 is 0 Å². The van der Waals surface area contributed by atoms with E-state index < -0.39 is 0 Å². The topological polar surface area (TPSA) is 17.8 Å². The number of hydrogen-bond donors (Lipinski definition) is 0. The van der Waals surface area contributed by atoms with Gasteiger partial charge in [0.05, 0.1) is 5.69 Å². The van der Waals surface area contributed by atoms with Gasteiger partial charge in [0, 0.05) is 22.3 Å². The van der Waals surface area contributed by atoms with Gasteiger partial charge in [-0.15, -0.1) is 0 Å². The average molecular weight is 289 g/mol. The molecule has 2 aliphatic heterocycles. The normalized spacial score (nSPS) is 24.6. The molecule has 1 aliphatic carbocycles. The molecule has 3 heterocycles. The summed E-state index contributed by atoms with van der Waals surface area (Å²) in [5, 5.41) is 0. The summed E-state index contributed by atoms with van der Waals surface area (Å²) in [6, 6.07) is 7.30. The van der Waals surface area contributed by atoms with Gasteiger partial charge in [-0.25, -0.2) is 4.98 Å². The van der Waals surface area contributed by atoms with Crippen molar-refractivity contribution in [1.29, 1.82) is 0 Å². The van der Waals surface area contributed by atoms with E-state index in [4.69, 9.17) is 4.98 Å². The van der Waals surface area contributed by atoms with Crippen molar-refractivity contribution < 1.29 is 0 Å². The second kappa shape index (κ2) is 3.22. The largest absolute Gasteiger partial charge is 0.328 e. The molecule has 2 nitrogen and oxygen atoms in total. The highest BCUT2D eigenvalue weighted by atomic mass is 79.9. The van der Waals surface area contributed by atoms with Crippen LogP contribution in [-0.4, -0.2) is 9.55 Å². The monoisotopic (exact) mass is 288 g/mol. The molecule has 0 atom stereocenters. The van der Waals surface area contributed by atoms with Crippen LogP contribution < -0.4 is 0 Å². The number of rotatable bonds is 0. The van der Waals surface area contributed by atoms with Crippen LogP contribution in [0.25, 0.3) is 11.4 Å². The maximum Gasteiger partial charge on any atom is 0.140 e. The second-order valence-corrected chi connectivity index (χ2v) is 6.08. The molecule has 2 bridgehead atoms. The Morgan fingerprint density at radius 1 is 1.35 bits per heavy atom. The zero-order valence-electron chi connectivity index (χ0n) is 9.65. The molecule has 5 rings (SSSR count). The Bertz CT molecular complexity index is 609. The van der Waals surface area contributed by atoms with Gasteiger partial charge in [0.1, 0.15) is 5.82 Å². The first kappa shape index (κ1) is 9.89. The smallest absolute Gasteiger partial charge is 0.140 e. The van der Waals surface area contributed by atoms with E-state index >= 15 is 0 Å². The van der Waals surface area contributed by atoms with Crippen LogP contribution in [0.3, 0.4) is 0 Å². The van der Waals surface area contributed by atoms with Gasteiger partial charge in [-0.2, -0.15) is 0 Å². The predicted molar refractivity (Wildman–Crippen MR) is 71.1 cm³/mol. The van der Waals surface area contributed by atoms with Crippen molar-refractivity contribution in [3.63, 3.8) is 0 Å². The van der Waals surface area contributed by atoms with Gasteiger partial charge in [0.15, 0.2) is 0 Å². The molecule has 3 heteroatoms. The maximum atomic E-state index is 4.71. The van der Waals surface area contributed by atoms with Crippen LogP contribution in [-0.2, 0) is 0 Å². The number of halogens is 1. The van der Waals surface area contributed by atoms with Crippen molar-refractivity contribution in [2.24, 2.45) is 0 Å². The lowest BCUT2D eigenvalue weighted by atomic mass is 9.76. The van der Waals surface area contributed by atoms with Crippen LogP contribution in [0.15, 0.2) is 28.9 Å². The standard InChI is InChI=1S/C14H13BrN2/c1-8-7-17-11-4-9(5-11)12-3-2-10(15)6-13(12)14(17)16-8/h2-3,6-7,9,11H,4-5H2,1H3. The third-order valence-electron chi connectivity index (χ3n) is 4.06. The lowest BCUT2D eigenvalue weighted by molar-refractivity contribution is 0.274. The summed E-state index contributed by atoms with van der Waals surface area (Å²) in [6.07, 6.45) is 4.75. The summed E-state index contributed by atoms with van der Waals surface area (Å²) >= 11 is 3.57. The minimum absolute atomic E-state index is 0.669. The van der Waals surface area contributed by atoms with Crippen molar-refractivity contribution in [1.82, 2.24) is 9.55 Å². The first-order valence-electron chi connectivity index (χ1n) is 6.07. The highest BCUT2D eigenvalue weighted by Gasteiger charge is 2.38. The molecule has 1 fully saturated rings. The molecule has 86 valence electrons. The Kier molecular flexibility index (Phi) is 1.88. The number of imidazole rings is 1. The van der Waals surface area contributed by atoms with Crippen LogP contribution >= 0.6 is 15.9 Å². The predicted octanol–water partition coefficient (Wildman–Crippen LogP) is 4.05. The molecule has 0 unspecified atom stereocenters. The van der Waals surface area contributed by atoms with Crippen molar-refractivity contribution in [3.8, 4) is 11.4 Å². The van der Waals surface area contributed by atoms with E-state index in [1.54, 1.807) is 0 Å². The number of benzene rings is 1. The summed E-state index contributed by atoms with van der Waals surface area (Å²) in [6.45, 7) is 2.08. The summed E-state index contributed by atoms with van der Waals surface area (Å²) in [4.78, 5) is 4.71. The first-order valence-corrected chi connectivity index (χ1v) is 6.87. The van der Waals surface area contributed by atoms with E-state index in [0.29, 0.717) is 6.04 Å². The highest BCUT2D eigenvalue weighted by molar-refractivity contribution is 9.10. The number of nitrogens with zero attached hydrogens (tertiary/aromatic N) is 2. The number of aryl methyl sites for hydroxylation is 1. The van der Waals surface area contributed by atoms with Crippen LogP contribution in [0.4, 0.5) is 0 Å². The first-order chi connectivity index (χ1) is 8.22. The van der Waals surface area contributed by atoms with Crippen LogP contribution in [0, 0.1) is 6.92 Å². The van der Waals surface area contributed by atoms with Gasteiger partial charge in [0.2, 0.25) is 0 Å². The molecule has 0 amide bonds. The van der Waals surface area contributed by atoms with Gasteiger partial charge in [0.25, 0.3) is 0 Å².